The summed E-state index contributed by atoms with van der Waals surface area (Å²) in [6.07, 6.45) is 23.3. The van der Waals surface area contributed by atoms with E-state index in [1.54, 1.807) is 12.2 Å². The summed E-state index contributed by atoms with van der Waals surface area (Å²) in [5.41, 5.74) is 2.40. The third-order valence-electron chi connectivity index (χ3n) is 12.1. The number of benzene rings is 1. The minimum Gasteiger partial charge on any atom is -0.490 e. The summed E-state index contributed by atoms with van der Waals surface area (Å²) in [7, 11) is 0. The van der Waals surface area contributed by atoms with Crippen molar-refractivity contribution in [3.63, 3.8) is 0 Å². The van der Waals surface area contributed by atoms with Crippen LogP contribution in [0, 0.1) is 17.8 Å². The quantitative estimate of drug-likeness (QED) is 0.0493. The lowest BCUT2D eigenvalue weighted by atomic mass is 9.55. The standard InChI is InChI=1S/C49H78N2O7/c1-8-12-13-14-15-16-17-18-19-26-45(54)51(29-9-2)44-36-42(50-58-48(5,6)7)40-34-37(24-20-22-30-52)39(25-21-23-31-53)46-41-35-38(55-32-10-3)27-28-43(41)57-49(44,47(40)46)56-33-11-4/h10-11,27-28,34-35,37,39,44,46-47,52-53H,3-4,8-9,12-26,29-33,36H2,1-2,5-7H3. The number of fused-ring (bicyclic) bond motifs is 2. The van der Waals surface area contributed by atoms with Crippen LogP contribution in [0.5, 0.6) is 11.5 Å². The molecule has 2 aliphatic carbocycles. The first-order valence-corrected chi connectivity index (χ1v) is 22.9. The summed E-state index contributed by atoms with van der Waals surface area (Å²) in [5, 5.41) is 24.7. The van der Waals surface area contributed by atoms with Gasteiger partial charge in [-0.25, -0.2) is 0 Å². The van der Waals surface area contributed by atoms with Crippen LogP contribution in [0.2, 0.25) is 0 Å². The minimum absolute atomic E-state index is 0.0859. The Balaban J connectivity index is 1.88. The SMILES string of the molecule is C=CCOc1ccc2c(c1)C1C(CCCCO)C(CCCCO)C=C3C(=NOC(C)(C)C)CC(N(CCC)C(=O)CCCCCCCCCCC)C(OCC=C)(O2)C31. The molecule has 1 heterocycles. The van der Waals surface area contributed by atoms with E-state index >= 15 is 0 Å². The van der Waals surface area contributed by atoms with Crippen LogP contribution in [0.1, 0.15) is 162 Å². The minimum atomic E-state index is -1.24. The first-order chi connectivity index (χ1) is 28.1. The van der Waals surface area contributed by atoms with Crippen molar-refractivity contribution < 1.29 is 34.1 Å². The average Bonchev–Trinajstić information content (AvgIpc) is 3.20. The molecule has 1 saturated carbocycles. The molecule has 1 amide bonds. The van der Waals surface area contributed by atoms with Gasteiger partial charge in [-0.3, -0.25) is 4.79 Å². The molecule has 326 valence electrons. The highest BCUT2D eigenvalue weighted by molar-refractivity contribution is 6.03. The molecule has 1 aromatic carbocycles. The van der Waals surface area contributed by atoms with E-state index in [0.717, 1.165) is 86.1 Å². The highest BCUT2D eigenvalue weighted by Crippen LogP contribution is 2.62. The van der Waals surface area contributed by atoms with E-state index in [1.807, 2.05) is 32.9 Å². The number of oxime groups is 1. The number of hydrogen-bond acceptors (Lipinski definition) is 8. The van der Waals surface area contributed by atoms with E-state index in [1.165, 1.54) is 38.5 Å². The maximum atomic E-state index is 14.7. The van der Waals surface area contributed by atoms with Gasteiger partial charge < -0.3 is 34.2 Å². The van der Waals surface area contributed by atoms with Gasteiger partial charge in [0, 0.05) is 44.1 Å². The number of hydrogen-bond donors (Lipinski definition) is 2. The summed E-state index contributed by atoms with van der Waals surface area (Å²) in [6, 6.07) is 5.59. The van der Waals surface area contributed by atoms with Crippen LogP contribution in [0.25, 0.3) is 0 Å². The van der Waals surface area contributed by atoms with Gasteiger partial charge in [-0.05, 0) is 94.9 Å². The molecule has 1 aliphatic heterocycles. The molecule has 1 aromatic rings. The first kappa shape index (κ1) is 47.5. The molecular weight excluding hydrogens is 729 g/mol. The van der Waals surface area contributed by atoms with Crippen LogP contribution in [0.3, 0.4) is 0 Å². The molecular formula is C49H78N2O7. The van der Waals surface area contributed by atoms with Gasteiger partial charge >= 0.3 is 0 Å². The Morgan fingerprint density at radius 3 is 2.22 bits per heavy atom. The summed E-state index contributed by atoms with van der Waals surface area (Å²) in [6.45, 7) is 19.8. The topological polar surface area (TPSA) is 110 Å². The van der Waals surface area contributed by atoms with Crippen molar-refractivity contribution >= 4 is 11.6 Å². The molecule has 0 aromatic heterocycles. The molecule has 0 bridgehead atoms. The lowest BCUT2D eigenvalue weighted by Crippen LogP contribution is -2.70. The molecule has 0 saturated heterocycles. The summed E-state index contributed by atoms with van der Waals surface area (Å²) < 4.78 is 20.6. The van der Waals surface area contributed by atoms with Crippen molar-refractivity contribution in [3.05, 3.63) is 60.7 Å². The Morgan fingerprint density at radius 2 is 1.59 bits per heavy atom. The van der Waals surface area contributed by atoms with Gasteiger partial charge in [-0.2, -0.15) is 0 Å². The Bertz CT molecular complexity index is 1480. The molecule has 6 atom stereocenters. The van der Waals surface area contributed by atoms with Gasteiger partial charge in [0.2, 0.25) is 11.7 Å². The third-order valence-corrected chi connectivity index (χ3v) is 12.1. The van der Waals surface area contributed by atoms with Crippen molar-refractivity contribution in [3.8, 4) is 11.5 Å². The Hall–Kier alpha value is -3.14. The largest absolute Gasteiger partial charge is 0.490 e. The van der Waals surface area contributed by atoms with E-state index < -0.39 is 17.4 Å². The molecule has 0 spiro atoms. The predicted molar refractivity (Wildman–Crippen MR) is 235 cm³/mol. The zero-order valence-electron chi connectivity index (χ0n) is 36.9. The van der Waals surface area contributed by atoms with Gasteiger partial charge in [-0.15, -0.1) is 6.58 Å². The summed E-state index contributed by atoms with van der Waals surface area (Å²) >= 11 is 0. The number of ether oxygens (including phenoxy) is 3. The van der Waals surface area contributed by atoms with Crippen LogP contribution in [-0.4, -0.2) is 77.1 Å². The molecule has 3 aliphatic rings. The molecule has 9 nitrogen and oxygen atoms in total. The van der Waals surface area contributed by atoms with Gasteiger partial charge in [0.05, 0.1) is 18.2 Å². The summed E-state index contributed by atoms with van der Waals surface area (Å²) in [4.78, 5) is 23.0. The molecule has 0 radical (unpaired) electrons. The van der Waals surface area contributed by atoms with Crippen molar-refractivity contribution in [1.82, 2.24) is 4.90 Å². The average molecular weight is 807 g/mol. The second kappa shape index (κ2) is 24.2. The van der Waals surface area contributed by atoms with Gasteiger partial charge in [0.25, 0.3) is 0 Å². The number of unbranched alkanes of at least 4 members (excludes halogenated alkanes) is 10. The van der Waals surface area contributed by atoms with E-state index in [2.05, 4.69) is 44.0 Å². The number of carbonyl (C=O) groups excluding carboxylic acids is 1. The van der Waals surface area contributed by atoms with E-state index in [4.69, 9.17) is 24.2 Å². The highest BCUT2D eigenvalue weighted by atomic mass is 16.7. The normalized spacial score (nSPS) is 24.3. The maximum absolute atomic E-state index is 14.7. The Labute approximate surface area is 351 Å². The van der Waals surface area contributed by atoms with Crippen LogP contribution in [-0.2, 0) is 14.4 Å². The van der Waals surface area contributed by atoms with Crippen molar-refractivity contribution in [2.24, 2.45) is 22.9 Å². The smallest absolute Gasteiger partial charge is 0.239 e. The Morgan fingerprint density at radius 1 is 0.914 bits per heavy atom. The fourth-order valence-corrected chi connectivity index (χ4v) is 9.51. The number of aliphatic hydroxyl groups is 2. The number of allylic oxidation sites excluding steroid dienone is 1. The second-order valence-corrected chi connectivity index (χ2v) is 17.7. The number of nitrogens with zero attached hydrogens (tertiary/aromatic N) is 2. The predicted octanol–water partition coefficient (Wildman–Crippen LogP) is 10.8. The van der Waals surface area contributed by atoms with E-state index in [9.17, 15) is 15.0 Å². The van der Waals surface area contributed by atoms with Gasteiger partial charge in [0.1, 0.15) is 29.7 Å². The molecule has 4 rings (SSSR count). The molecule has 1 fully saturated rings. The molecule has 58 heavy (non-hydrogen) atoms. The monoisotopic (exact) mass is 807 g/mol. The lowest BCUT2D eigenvalue weighted by molar-refractivity contribution is -0.257. The third kappa shape index (κ3) is 12.7. The van der Waals surface area contributed by atoms with E-state index in [0.29, 0.717) is 32.4 Å². The molecule has 2 N–H and O–H groups in total. The molecule has 6 unspecified atom stereocenters. The number of rotatable bonds is 28. The van der Waals surface area contributed by atoms with Crippen molar-refractivity contribution in [1.29, 1.82) is 0 Å². The highest BCUT2D eigenvalue weighted by Gasteiger charge is 2.65. The molecule has 9 heteroatoms. The zero-order chi connectivity index (χ0) is 42.0. The van der Waals surface area contributed by atoms with E-state index in [-0.39, 0.29) is 49.4 Å². The fourth-order valence-electron chi connectivity index (χ4n) is 9.51. The van der Waals surface area contributed by atoms with Gasteiger partial charge in [0.15, 0.2) is 0 Å². The van der Waals surface area contributed by atoms with Crippen LogP contribution in [0.15, 0.2) is 60.3 Å². The number of amides is 1. The fraction of sp³-hybridized carbons (Fsp3) is 0.714. The van der Waals surface area contributed by atoms with Gasteiger partial charge in [-0.1, -0.05) is 108 Å². The van der Waals surface area contributed by atoms with Crippen LogP contribution >= 0.6 is 0 Å². The van der Waals surface area contributed by atoms with Crippen LogP contribution < -0.4 is 9.47 Å². The first-order valence-electron chi connectivity index (χ1n) is 22.9. The number of carbonyl (C=O) groups is 1. The Kier molecular flexibility index (Phi) is 19.8. The van der Waals surface area contributed by atoms with Crippen LogP contribution in [0.4, 0.5) is 0 Å². The number of aliphatic hydroxyl groups excluding tert-OH is 2. The second-order valence-electron chi connectivity index (χ2n) is 17.7. The summed E-state index contributed by atoms with van der Waals surface area (Å²) in [5.74, 6) is 0.263. The lowest BCUT2D eigenvalue weighted by Gasteiger charge is -2.60. The zero-order valence-corrected chi connectivity index (χ0v) is 36.9. The maximum Gasteiger partial charge on any atom is 0.239 e. The van der Waals surface area contributed by atoms with Crippen molar-refractivity contribution in [2.75, 3.05) is 33.0 Å². The van der Waals surface area contributed by atoms with Crippen molar-refractivity contribution in [2.45, 2.75) is 174 Å².